The summed E-state index contributed by atoms with van der Waals surface area (Å²) in [6.45, 7) is 3.08. The highest BCUT2D eigenvalue weighted by Crippen LogP contribution is 2.37. The van der Waals surface area contributed by atoms with Crippen LogP contribution in [-0.2, 0) is 6.42 Å². The van der Waals surface area contributed by atoms with E-state index in [0.717, 1.165) is 41.4 Å². The van der Waals surface area contributed by atoms with Crippen LogP contribution in [0.15, 0.2) is 16.6 Å². The third-order valence-electron chi connectivity index (χ3n) is 2.92. The fourth-order valence-corrected chi connectivity index (χ4v) is 2.74. The van der Waals surface area contributed by atoms with Crippen molar-refractivity contribution < 1.29 is 4.39 Å². The fourth-order valence-electron chi connectivity index (χ4n) is 2.20. The molecule has 1 aromatic carbocycles. The summed E-state index contributed by atoms with van der Waals surface area (Å²) in [5.74, 6) is -0.0701. The molecule has 3 heteroatoms. The molecule has 0 radical (unpaired) electrons. The number of halogens is 2. The molecule has 1 atom stereocenters. The van der Waals surface area contributed by atoms with Crippen molar-refractivity contribution in [3.63, 3.8) is 0 Å². The van der Waals surface area contributed by atoms with Gasteiger partial charge >= 0.3 is 0 Å². The Morgan fingerprint density at radius 2 is 2.33 bits per heavy atom. The molecule has 0 saturated heterocycles. The van der Waals surface area contributed by atoms with E-state index in [-0.39, 0.29) is 11.9 Å². The summed E-state index contributed by atoms with van der Waals surface area (Å²) in [5.41, 5.74) is 2.02. The zero-order valence-electron chi connectivity index (χ0n) is 8.82. The lowest BCUT2D eigenvalue weighted by Gasteiger charge is -2.14. The van der Waals surface area contributed by atoms with Crippen molar-refractivity contribution in [2.75, 3.05) is 6.54 Å². The van der Waals surface area contributed by atoms with Gasteiger partial charge in [-0.15, -0.1) is 0 Å². The zero-order valence-corrected chi connectivity index (χ0v) is 10.4. The molecule has 1 aliphatic carbocycles. The molecule has 2 rings (SSSR count). The Balaban J connectivity index is 2.28. The molecule has 1 N–H and O–H groups in total. The first-order valence-corrected chi connectivity index (χ1v) is 6.23. The first-order chi connectivity index (χ1) is 7.24. The normalized spacial score (nSPS) is 19.3. The largest absolute Gasteiger partial charge is 0.310 e. The molecule has 0 aliphatic heterocycles. The molecule has 0 bridgehead atoms. The monoisotopic (exact) mass is 271 g/mol. The fraction of sp³-hybridized carbons (Fsp3) is 0.500. The Morgan fingerprint density at radius 1 is 1.53 bits per heavy atom. The molecule has 0 saturated carbocycles. The van der Waals surface area contributed by atoms with Crippen molar-refractivity contribution in [3.05, 3.63) is 33.5 Å². The van der Waals surface area contributed by atoms with E-state index in [9.17, 15) is 4.39 Å². The number of hydrogen-bond acceptors (Lipinski definition) is 1. The molecule has 1 unspecified atom stereocenters. The Hall–Kier alpha value is -0.410. The second-order valence-electron chi connectivity index (χ2n) is 3.97. The quantitative estimate of drug-likeness (QED) is 0.886. The van der Waals surface area contributed by atoms with Crippen LogP contribution in [0.2, 0.25) is 0 Å². The Labute approximate surface area is 98.2 Å². The van der Waals surface area contributed by atoms with Crippen LogP contribution < -0.4 is 5.32 Å². The average molecular weight is 272 g/mol. The minimum absolute atomic E-state index is 0.0701. The van der Waals surface area contributed by atoms with Gasteiger partial charge in [-0.3, -0.25) is 0 Å². The van der Waals surface area contributed by atoms with Crippen molar-refractivity contribution in [2.24, 2.45) is 0 Å². The van der Waals surface area contributed by atoms with Crippen LogP contribution in [0.5, 0.6) is 0 Å². The van der Waals surface area contributed by atoms with Crippen LogP contribution in [-0.4, -0.2) is 6.54 Å². The lowest BCUT2D eigenvalue weighted by Crippen LogP contribution is -2.20. The van der Waals surface area contributed by atoms with Crippen LogP contribution in [0.4, 0.5) is 4.39 Å². The predicted molar refractivity (Wildman–Crippen MR) is 63.5 cm³/mol. The minimum Gasteiger partial charge on any atom is -0.310 e. The summed E-state index contributed by atoms with van der Waals surface area (Å²) in [5, 5.41) is 3.39. The van der Waals surface area contributed by atoms with Crippen molar-refractivity contribution in [2.45, 2.75) is 32.2 Å². The van der Waals surface area contributed by atoms with E-state index in [1.165, 1.54) is 0 Å². The Morgan fingerprint density at radius 3 is 3.07 bits per heavy atom. The maximum atomic E-state index is 13.7. The molecule has 0 fully saturated rings. The lowest BCUT2D eigenvalue weighted by atomic mass is 10.1. The van der Waals surface area contributed by atoms with Gasteiger partial charge in [-0.05, 0) is 43.5 Å². The predicted octanol–water partition coefficient (Wildman–Crippen LogP) is 3.58. The van der Waals surface area contributed by atoms with E-state index in [1.807, 2.05) is 0 Å². The molecule has 0 heterocycles. The van der Waals surface area contributed by atoms with E-state index in [4.69, 9.17) is 0 Å². The number of fused-ring (bicyclic) bond motifs is 1. The van der Waals surface area contributed by atoms with Crippen molar-refractivity contribution in [1.82, 2.24) is 5.32 Å². The van der Waals surface area contributed by atoms with Crippen LogP contribution in [0, 0.1) is 5.82 Å². The summed E-state index contributed by atoms with van der Waals surface area (Å²) in [4.78, 5) is 0. The molecular weight excluding hydrogens is 257 g/mol. The van der Waals surface area contributed by atoms with Crippen LogP contribution >= 0.6 is 15.9 Å². The third-order valence-corrected chi connectivity index (χ3v) is 3.66. The highest BCUT2D eigenvalue weighted by molar-refractivity contribution is 9.10. The second kappa shape index (κ2) is 4.62. The summed E-state index contributed by atoms with van der Waals surface area (Å²) < 4.78 is 14.7. The summed E-state index contributed by atoms with van der Waals surface area (Å²) >= 11 is 3.48. The van der Waals surface area contributed by atoms with Gasteiger partial charge in [0, 0.05) is 16.1 Å². The molecule has 0 aromatic heterocycles. The Bertz CT molecular complexity index is 365. The van der Waals surface area contributed by atoms with E-state index in [2.05, 4.69) is 28.2 Å². The topological polar surface area (TPSA) is 12.0 Å². The van der Waals surface area contributed by atoms with Gasteiger partial charge in [-0.2, -0.15) is 0 Å². The van der Waals surface area contributed by atoms with Crippen LogP contribution in [0.25, 0.3) is 0 Å². The SMILES string of the molecule is CCCNC1CCc2c(Br)ccc(F)c21. The molecular formula is C12H15BrFN. The number of rotatable bonds is 3. The molecule has 82 valence electrons. The van der Waals surface area contributed by atoms with Crippen molar-refractivity contribution >= 4 is 15.9 Å². The Kier molecular flexibility index (Phi) is 3.42. The van der Waals surface area contributed by atoms with E-state index < -0.39 is 0 Å². The molecule has 0 amide bonds. The van der Waals surface area contributed by atoms with Crippen LogP contribution in [0.1, 0.15) is 36.9 Å². The maximum absolute atomic E-state index is 13.7. The molecule has 1 aliphatic rings. The molecule has 1 nitrogen and oxygen atoms in total. The van der Waals surface area contributed by atoms with Gasteiger partial charge in [0.1, 0.15) is 5.82 Å². The van der Waals surface area contributed by atoms with Gasteiger partial charge < -0.3 is 5.32 Å². The van der Waals surface area contributed by atoms with E-state index >= 15 is 0 Å². The van der Waals surface area contributed by atoms with Crippen molar-refractivity contribution in [1.29, 1.82) is 0 Å². The van der Waals surface area contributed by atoms with Gasteiger partial charge in [0.05, 0.1) is 0 Å². The summed E-state index contributed by atoms with van der Waals surface area (Å²) in [7, 11) is 0. The van der Waals surface area contributed by atoms with Gasteiger partial charge in [-0.1, -0.05) is 22.9 Å². The number of benzene rings is 1. The highest BCUT2D eigenvalue weighted by atomic mass is 79.9. The summed E-state index contributed by atoms with van der Waals surface area (Å²) in [6.07, 6.45) is 3.06. The van der Waals surface area contributed by atoms with Gasteiger partial charge in [0.25, 0.3) is 0 Å². The van der Waals surface area contributed by atoms with E-state index in [0.29, 0.717) is 0 Å². The smallest absolute Gasteiger partial charge is 0.128 e. The van der Waals surface area contributed by atoms with E-state index in [1.54, 1.807) is 12.1 Å². The maximum Gasteiger partial charge on any atom is 0.128 e. The molecule has 1 aromatic rings. The number of nitrogens with one attached hydrogen (secondary N) is 1. The van der Waals surface area contributed by atoms with Gasteiger partial charge in [0.2, 0.25) is 0 Å². The second-order valence-corrected chi connectivity index (χ2v) is 4.82. The lowest BCUT2D eigenvalue weighted by molar-refractivity contribution is 0.503. The summed E-state index contributed by atoms with van der Waals surface area (Å²) in [6, 6.07) is 3.56. The molecule has 0 spiro atoms. The third kappa shape index (κ3) is 2.08. The molecule has 15 heavy (non-hydrogen) atoms. The first-order valence-electron chi connectivity index (χ1n) is 5.44. The van der Waals surface area contributed by atoms with Gasteiger partial charge in [-0.25, -0.2) is 4.39 Å². The standard InChI is InChI=1S/C12H15BrFN/c1-2-7-15-11-6-3-8-9(13)4-5-10(14)12(8)11/h4-5,11,15H,2-3,6-7H2,1H3. The van der Waals surface area contributed by atoms with Gasteiger partial charge in [0.15, 0.2) is 0 Å². The highest BCUT2D eigenvalue weighted by Gasteiger charge is 2.26. The van der Waals surface area contributed by atoms with Crippen molar-refractivity contribution in [3.8, 4) is 0 Å². The van der Waals surface area contributed by atoms with Crippen LogP contribution in [0.3, 0.4) is 0 Å². The number of hydrogen-bond donors (Lipinski definition) is 1. The zero-order chi connectivity index (χ0) is 10.8. The first kappa shape index (κ1) is 11.1. The average Bonchev–Trinajstić information content (AvgIpc) is 2.65. The minimum atomic E-state index is -0.0701.